The molecule has 2 aromatic carbocycles. The van der Waals surface area contributed by atoms with Crippen LogP contribution in [0.15, 0.2) is 46.9 Å². The van der Waals surface area contributed by atoms with Crippen LogP contribution in [0.2, 0.25) is 0 Å². The van der Waals surface area contributed by atoms with Crippen molar-refractivity contribution < 1.29 is 19.1 Å². The highest BCUT2D eigenvalue weighted by Gasteiger charge is 2.14. The number of ether oxygens (including phenoxy) is 2. The van der Waals surface area contributed by atoms with Crippen LogP contribution in [0, 0.1) is 0 Å². The molecule has 0 aliphatic rings. The molecule has 0 spiro atoms. The Morgan fingerprint density at radius 1 is 1.04 bits per heavy atom. The van der Waals surface area contributed by atoms with E-state index in [9.17, 15) is 9.59 Å². The summed E-state index contributed by atoms with van der Waals surface area (Å²) in [5, 5.41) is 2.84. The number of nitrogens with one attached hydrogen (secondary N) is 1. The summed E-state index contributed by atoms with van der Waals surface area (Å²) in [4.78, 5) is 26.8. The molecule has 0 saturated carbocycles. The molecule has 1 N–H and O–H groups in total. The van der Waals surface area contributed by atoms with Crippen molar-refractivity contribution in [2.75, 3.05) is 38.7 Å². The lowest BCUT2D eigenvalue weighted by Crippen LogP contribution is -2.30. The molecule has 0 aliphatic heterocycles. The summed E-state index contributed by atoms with van der Waals surface area (Å²) in [5.41, 5.74) is 1.59. The molecule has 28 heavy (non-hydrogen) atoms. The van der Waals surface area contributed by atoms with E-state index >= 15 is 0 Å². The second-order valence-electron chi connectivity index (χ2n) is 6.00. The first-order valence-electron chi connectivity index (χ1n) is 9.12. The zero-order valence-corrected chi connectivity index (χ0v) is 17.9. The Bertz CT molecular complexity index is 822. The molecular weight excluding hydrogens is 424 g/mol. The third-order valence-corrected chi connectivity index (χ3v) is 4.78. The smallest absolute Gasteiger partial charge is 0.255 e. The predicted molar refractivity (Wildman–Crippen MR) is 113 cm³/mol. The van der Waals surface area contributed by atoms with Crippen LogP contribution in [-0.2, 0) is 4.74 Å². The Hall–Kier alpha value is -2.38. The quantitative estimate of drug-likeness (QED) is 0.583. The van der Waals surface area contributed by atoms with E-state index in [0.29, 0.717) is 53.3 Å². The summed E-state index contributed by atoms with van der Waals surface area (Å²) in [5.74, 6) is 0.318. The maximum Gasteiger partial charge on any atom is 0.255 e. The van der Waals surface area contributed by atoms with Gasteiger partial charge in [0, 0.05) is 37.0 Å². The van der Waals surface area contributed by atoms with Gasteiger partial charge in [-0.05, 0) is 66.2 Å². The molecule has 0 aromatic heterocycles. The molecule has 0 atom stereocenters. The van der Waals surface area contributed by atoms with Crippen LogP contribution in [0.5, 0.6) is 5.75 Å². The largest absolute Gasteiger partial charge is 0.490 e. The van der Waals surface area contributed by atoms with E-state index in [1.54, 1.807) is 54.5 Å². The second kappa shape index (κ2) is 10.8. The highest BCUT2D eigenvalue weighted by molar-refractivity contribution is 9.10. The van der Waals surface area contributed by atoms with E-state index < -0.39 is 0 Å². The molecule has 2 aromatic rings. The number of carbonyl (C=O) groups excluding carboxylic acids is 2. The molecule has 2 rings (SSSR count). The highest BCUT2D eigenvalue weighted by Crippen LogP contribution is 2.26. The van der Waals surface area contributed by atoms with Gasteiger partial charge in [0.05, 0.1) is 11.1 Å². The number of anilines is 1. The van der Waals surface area contributed by atoms with Crippen LogP contribution in [0.25, 0.3) is 0 Å². The Morgan fingerprint density at radius 3 is 2.43 bits per heavy atom. The highest BCUT2D eigenvalue weighted by atomic mass is 79.9. The summed E-state index contributed by atoms with van der Waals surface area (Å²) < 4.78 is 11.2. The minimum Gasteiger partial charge on any atom is -0.490 e. The molecule has 7 heteroatoms. The predicted octanol–water partition coefficient (Wildman–Crippen LogP) is 4.21. The van der Waals surface area contributed by atoms with Crippen LogP contribution in [0.4, 0.5) is 5.69 Å². The summed E-state index contributed by atoms with van der Waals surface area (Å²) in [6.07, 6.45) is 0. The average molecular weight is 449 g/mol. The molecule has 2 amide bonds. The SMILES string of the molecule is CCN(CC)C(=O)c1cccc(NC(=O)c2ccc(OCCOC)c(Br)c2)c1. The van der Waals surface area contributed by atoms with Crippen molar-refractivity contribution in [2.45, 2.75) is 13.8 Å². The molecule has 0 fully saturated rings. The number of hydrogen-bond donors (Lipinski definition) is 1. The Morgan fingerprint density at radius 2 is 1.79 bits per heavy atom. The molecule has 0 radical (unpaired) electrons. The Balaban J connectivity index is 2.09. The molecule has 0 unspecified atom stereocenters. The number of hydrogen-bond acceptors (Lipinski definition) is 4. The van der Waals surface area contributed by atoms with E-state index in [1.165, 1.54) is 0 Å². The van der Waals surface area contributed by atoms with Crippen molar-refractivity contribution in [3.8, 4) is 5.75 Å². The number of halogens is 1. The lowest BCUT2D eigenvalue weighted by atomic mass is 10.1. The molecule has 6 nitrogen and oxygen atoms in total. The van der Waals surface area contributed by atoms with E-state index in [1.807, 2.05) is 13.8 Å². The summed E-state index contributed by atoms with van der Waals surface area (Å²) in [6, 6.07) is 12.1. The molecular formula is C21H25BrN2O4. The van der Waals surface area contributed by atoms with Gasteiger partial charge in [0.15, 0.2) is 0 Å². The summed E-state index contributed by atoms with van der Waals surface area (Å²) >= 11 is 3.42. The van der Waals surface area contributed by atoms with E-state index in [2.05, 4.69) is 21.2 Å². The van der Waals surface area contributed by atoms with Gasteiger partial charge in [0.25, 0.3) is 11.8 Å². The molecule has 0 heterocycles. The Kier molecular flexibility index (Phi) is 8.47. The molecule has 0 saturated heterocycles. The zero-order chi connectivity index (χ0) is 20.5. The van der Waals surface area contributed by atoms with Crippen molar-refractivity contribution in [3.05, 3.63) is 58.1 Å². The van der Waals surface area contributed by atoms with Crippen molar-refractivity contribution in [2.24, 2.45) is 0 Å². The lowest BCUT2D eigenvalue weighted by molar-refractivity contribution is 0.0772. The number of rotatable bonds is 9. The average Bonchev–Trinajstić information content (AvgIpc) is 2.70. The summed E-state index contributed by atoms with van der Waals surface area (Å²) in [6.45, 7) is 6.06. The number of carbonyl (C=O) groups is 2. The van der Waals surface area contributed by atoms with Gasteiger partial charge in [0.2, 0.25) is 0 Å². The molecule has 0 bridgehead atoms. The van der Waals surface area contributed by atoms with Crippen LogP contribution in [0.3, 0.4) is 0 Å². The van der Waals surface area contributed by atoms with Gasteiger partial charge in [-0.1, -0.05) is 6.07 Å². The third kappa shape index (κ3) is 5.81. The van der Waals surface area contributed by atoms with Gasteiger partial charge in [-0.15, -0.1) is 0 Å². The number of amides is 2. The van der Waals surface area contributed by atoms with Crippen LogP contribution in [-0.4, -0.2) is 50.1 Å². The third-order valence-electron chi connectivity index (χ3n) is 4.16. The maximum absolute atomic E-state index is 12.6. The first-order valence-corrected chi connectivity index (χ1v) is 9.91. The van der Waals surface area contributed by atoms with E-state index in [4.69, 9.17) is 9.47 Å². The van der Waals surface area contributed by atoms with E-state index in [0.717, 1.165) is 0 Å². The minimum atomic E-state index is -0.267. The van der Waals surface area contributed by atoms with Crippen molar-refractivity contribution in [1.29, 1.82) is 0 Å². The fraction of sp³-hybridized carbons (Fsp3) is 0.333. The first-order chi connectivity index (χ1) is 13.5. The van der Waals surface area contributed by atoms with Gasteiger partial charge in [-0.3, -0.25) is 9.59 Å². The van der Waals surface area contributed by atoms with Crippen molar-refractivity contribution >= 4 is 33.4 Å². The number of methoxy groups -OCH3 is 1. The van der Waals surface area contributed by atoms with Gasteiger partial charge in [0.1, 0.15) is 12.4 Å². The number of nitrogens with zero attached hydrogens (tertiary/aromatic N) is 1. The van der Waals surface area contributed by atoms with Gasteiger partial charge in [-0.2, -0.15) is 0 Å². The molecule has 0 aliphatic carbocycles. The monoisotopic (exact) mass is 448 g/mol. The lowest BCUT2D eigenvalue weighted by Gasteiger charge is -2.19. The fourth-order valence-corrected chi connectivity index (χ4v) is 3.11. The second-order valence-corrected chi connectivity index (χ2v) is 6.85. The normalized spacial score (nSPS) is 10.4. The van der Waals surface area contributed by atoms with Gasteiger partial charge >= 0.3 is 0 Å². The maximum atomic E-state index is 12.6. The topological polar surface area (TPSA) is 67.9 Å². The molecule has 150 valence electrons. The Labute approximate surface area is 174 Å². The first kappa shape index (κ1) is 21.9. The minimum absolute atomic E-state index is 0.0543. The van der Waals surface area contributed by atoms with Gasteiger partial charge in [-0.25, -0.2) is 0 Å². The summed E-state index contributed by atoms with van der Waals surface area (Å²) in [7, 11) is 1.61. The van der Waals surface area contributed by atoms with E-state index in [-0.39, 0.29) is 11.8 Å². The fourth-order valence-electron chi connectivity index (χ4n) is 2.62. The van der Waals surface area contributed by atoms with Crippen molar-refractivity contribution in [1.82, 2.24) is 4.90 Å². The van der Waals surface area contributed by atoms with Crippen LogP contribution < -0.4 is 10.1 Å². The van der Waals surface area contributed by atoms with Gasteiger partial charge < -0.3 is 19.7 Å². The zero-order valence-electron chi connectivity index (χ0n) is 16.3. The van der Waals surface area contributed by atoms with Crippen LogP contribution in [0.1, 0.15) is 34.6 Å². The number of benzene rings is 2. The van der Waals surface area contributed by atoms with Crippen molar-refractivity contribution in [3.63, 3.8) is 0 Å². The standard InChI is InChI=1S/C21H25BrN2O4/c1-4-24(5-2)21(26)16-7-6-8-17(13-16)23-20(25)15-9-10-19(18(22)14-15)28-12-11-27-3/h6-10,13-14H,4-5,11-12H2,1-3H3,(H,23,25). The van der Waals surface area contributed by atoms with Crippen LogP contribution >= 0.6 is 15.9 Å².